The Hall–Kier alpha value is -5.08. The zero-order valence-corrected chi connectivity index (χ0v) is 28.0. The molecule has 0 radical (unpaired) electrons. The number of hydrogen-bond acceptors (Lipinski definition) is 8. The monoisotopic (exact) mass is 713 g/mol. The lowest BCUT2D eigenvalue weighted by atomic mass is 10.0. The standard InChI is InChI=1S/C35H35ClF3N5O6/c1-42(2)14-13-40-32(46)25-5-3-4-6-28(25)43-15-17-44(18-16-43)34(48)27(19-22-7-9-23(36)10-8-22)41-33(47)31-21-29(45)26-20-24(50-35(37,38)39)11-12-30(26)49-31/h3-12,20-21,27H,13-19H2,1-2H3,(H,40,46)(H,41,47)/t27-/m1/s1. The van der Waals surface area contributed by atoms with E-state index in [0.29, 0.717) is 55.4 Å². The van der Waals surface area contributed by atoms with E-state index in [1.54, 1.807) is 41.3 Å². The fourth-order valence-electron chi connectivity index (χ4n) is 5.55. The minimum absolute atomic E-state index is 0.0911. The summed E-state index contributed by atoms with van der Waals surface area (Å²) in [4.78, 5) is 58.8. The van der Waals surface area contributed by atoms with Crippen LogP contribution in [-0.4, -0.2) is 93.3 Å². The van der Waals surface area contributed by atoms with Gasteiger partial charge in [-0.25, -0.2) is 0 Å². The summed E-state index contributed by atoms with van der Waals surface area (Å²) in [6.45, 7) is 2.64. The number of alkyl halides is 3. The molecule has 3 amide bonds. The molecule has 11 nitrogen and oxygen atoms in total. The number of ether oxygens (including phenoxy) is 1. The summed E-state index contributed by atoms with van der Waals surface area (Å²) in [7, 11) is 3.84. The molecule has 15 heteroatoms. The molecule has 1 aromatic heterocycles. The Kier molecular flexibility index (Phi) is 11.3. The summed E-state index contributed by atoms with van der Waals surface area (Å²) in [5, 5.41) is 5.89. The van der Waals surface area contributed by atoms with E-state index >= 15 is 0 Å². The van der Waals surface area contributed by atoms with Crippen molar-refractivity contribution in [1.82, 2.24) is 20.4 Å². The van der Waals surface area contributed by atoms with Crippen LogP contribution in [0.25, 0.3) is 11.0 Å². The van der Waals surface area contributed by atoms with Crippen LogP contribution >= 0.6 is 11.6 Å². The van der Waals surface area contributed by atoms with Gasteiger partial charge in [0.25, 0.3) is 11.8 Å². The molecule has 0 saturated carbocycles. The number of halogens is 4. The van der Waals surface area contributed by atoms with E-state index < -0.39 is 35.2 Å². The highest BCUT2D eigenvalue weighted by atomic mass is 35.5. The highest BCUT2D eigenvalue weighted by molar-refractivity contribution is 6.30. The number of fused-ring (bicyclic) bond motifs is 1. The molecule has 2 heterocycles. The van der Waals surface area contributed by atoms with Gasteiger partial charge in [0.05, 0.1) is 10.9 Å². The van der Waals surface area contributed by atoms with Crippen LogP contribution in [0.2, 0.25) is 5.02 Å². The number of amides is 3. The molecule has 1 fully saturated rings. The number of hydrogen-bond donors (Lipinski definition) is 2. The normalized spacial score (nSPS) is 14.1. The summed E-state index contributed by atoms with van der Waals surface area (Å²) < 4.78 is 47.5. The van der Waals surface area contributed by atoms with Crippen molar-refractivity contribution >= 4 is 46.0 Å². The fraction of sp³-hybridized carbons (Fsp3) is 0.314. The van der Waals surface area contributed by atoms with Crippen molar-refractivity contribution in [3.8, 4) is 5.75 Å². The molecule has 0 bridgehead atoms. The van der Waals surface area contributed by atoms with Gasteiger partial charge in [-0.15, -0.1) is 13.2 Å². The number of para-hydroxylation sites is 1. The smallest absolute Gasteiger partial charge is 0.451 e. The van der Waals surface area contributed by atoms with E-state index in [-0.39, 0.29) is 29.2 Å². The average Bonchev–Trinajstić information content (AvgIpc) is 3.08. The predicted molar refractivity (Wildman–Crippen MR) is 182 cm³/mol. The van der Waals surface area contributed by atoms with Gasteiger partial charge in [-0.3, -0.25) is 19.2 Å². The lowest BCUT2D eigenvalue weighted by Crippen LogP contribution is -2.55. The van der Waals surface area contributed by atoms with Gasteiger partial charge in [0.1, 0.15) is 17.4 Å². The van der Waals surface area contributed by atoms with Crippen LogP contribution in [0.15, 0.2) is 82.0 Å². The minimum atomic E-state index is -4.96. The first-order valence-electron chi connectivity index (χ1n) is 15.7. The average molecular weight is 714 g/mol. The second-order valence-corrected chi connectivity index (χ2v) is 12.4. The van der Waals surface area contributed by atoms with Gasteiger partial charge in [0, 0.05) is 62.5 Å². The molecule has 50 heavy (non-hydrogen) atoms. The summed E-state index contributed by atoms with van der Waals surface area (Å²) in [5.41, 5.74) is 1.07. The Bertz CT molecular complexity index is 1910. The molecule has 4 aromatic rings. The number of carbonyl (C=O) groups excluding carboxylic acids is 3. The first-order valence-corrected chi connectivity index (χ1v) is 16.1. The fourth-order valence-corrected chi connectivity index (χ4v) is 5.67. The van der Waals surface area contributed by atoms with E-state index in [2.05, 4.69) is 15.4 Å². The quantitative estimate of drug-likeness (QED) is 0.236. The molecule has 0 spiro atoms. The maximum Gasteiger partial charge on any atom is 0.573 e. The Labute approximate surface area is 290 Å². The van der Waals surface area contributed by atoms with Crippen molar-refractivity contribution in [1.29, 1.82) is 0 Å². The molecular formula is C35H35ClF3N5O6. The van der Waals surface area contributed by atoms with Crippen LogP contribution in [0.1, 0.15) is 26.5 Å². The summed E-state index contributed by atoms with van der Waals surface area (Å²) >= 11 is 6.05. The number of rotatable bonds is 11. The number of nitrogens with one attached hydrogen (secondary N) is 2. The van der Waals surface area contributed by atoms with Crippen LogP contribution < -0.4 is 25.7 Å². The van der Waals surface area contributed by atoms with Crippen molar-refractivity contribution in [2.45, 2.75) is 18.8 Å². The molecule has 1 aliphatic rings. The summed E-state index contributed by atoms with van der Waals surface area (Å²) in [6, 6.07) is 16.7. The maximum absolute atomic E-state index is 14.0. The van der Waals surface area contributed by atoms with Gasteiger partial charge in [-0.1, -0.05) is 35.9 Å². The van der Waals surface area contributed by atoms with E-state index in [4.69, 9.17) is 16.0 Å². The van der Waals surface area contributed by atoms with Crippen LogP contribution in [0.5, 0.6) is 5.75 Å². The first kappa shape index (κ1) is 36.2. The predicted octanol–water partition coefficient (Wildman–Crippen LogP) is 4.33. The second kappa shape index (κ2) is 15.6. The third-order valence-electron chi connectivity index (χ3n) is 8.04. The first-order chi connectivity index (χ1) is 23.8. The van der Waals surface area contributed by atoms with Gasteiger partial charge >= 0.3 is 6.36 Å². The Morgan fingerprint density at radius 3 is 2.34 bits per heavy atom. The van der Waals surface area contributed by atoms with Crippen LogP contribution in [0.4, 0.5) is 18.9 Å². The number of piperazine rings is 1. The highest BCUT2D eigenvalue weighted by Crippen LogP contribution is 2.26. The van der Waals surface area contributed by atoms with Gasteiger partial charge < -0.3 is 34.5 Å². The van der Waals surface area contributed by atoms with Gasteiger partial charge in [0.15, 0.2) is 11.2 Å². The van der Waals surface area contributed by atoms with Crippen molar-refractivity contribution in [2.75, 3.05) is 58.3 Å². The molecule has 2 N–H and O–H groups in total. The van der Waals surface area contributed by atoms with Crippen LogP contribution in [-0.2, 0) is 11.2 Å². The number of likely N-dealkylation sites (N-methyl/N-ethyl adjacent to an activating group) is 1. The van der Waals surface area contributed by atoms with Gasteiger partial charge in [0.2, 0.25) is 5.91 Å². The number of anilines is 1. The third kappa shape index (κ3) is 9.33. The number of carbonyl (C=O) groups is 3. The van der Waals surface area contributed by atoms with E-state index in [0.717, 1.165) is 30.0 Å². The Balaban J connectivity index is 1.31. The van der Waals surface area contributed by atoms with Crippen LogP contribution in [0, 0.1) is 0 Å². The van der Waals surface area contributed by atoms with Gasteiger partial charge in [-0.2, -0.15) is 0 Å². The minimum Gasteiger partial charge on any atom is -0.451 e. The largest absolute Gasteiger partial charge is 0.573 e. The molecular weight excluding hydrogens is 679 g/mol. The molecule has 1 saturated heterocycles. The van der Waals surface area contributed by atoms with E-state index in [1.165, 1.54) is 0 Å². The summed E-state index contributed by atoms with van der Waals surface area (Å²) in [6.07, 6.45) is -4.87. The van der Waals surface area contributed by atoms with Crippen LogP contribution in [0.3, 0.4) is 0 Å². The van der Waals surface area contributed by atoms with Crippen molar-refractivity contribution in [3.63, 3.8) is 0 Å². The van der Waals surface area contributed by atoms with E-state index in [9.17, 15) is 32.3 Å². The topological polar surface area (TPSA) is 124 Å². The Morgan fingerprint density at radius 2 is 1.66 bits per heavy atom. The third-order valence-corrected chi connectivity index (χ3v) is 8.29. The lowest BCUT2D eigenvalue weighted by Gasteiger charge is -2.38. The number of nitrogens with zero attached hydrogens (tertiary/aromatic N) is 3. The summed E-state index contributed by atoms with van der Waals surface area (Å²) in [5.74, 6) is -2.47. The maximum atomic E-state index is 14.0. The molecule has 1 aliphatic heterocycles. The molecule has 5 rings (SSSR count). The molecule has 0 aliphatic carbocycles. The zero-order valence-electron chi connectivity index (χ0n) is 27.3. The number of benzene rings is 3. The molecule has 3 aromatic carbocycles. The molecule has 0 unspecified atom stereocenters. The Morgan fingerprint density at radius 1 is 0.960 bits per heavy atom. The van der Waals surface area contributed by atoms with Crippen molar-refractivity contribution < 1.29 is 36.7 Å². The van der Waals surface area contributed by atoms with E-state index in [1.807, 2.05) is 36.0 Å². The molecule has 1 atom stereocenters. The molecule has 264 valence electrons. The highest BCUT2D eigenvalue weighted by Gasteiger charge is 2.32. The van der Waals surface area contributed by atoms with Gasteiger partial charge in [-0.05, 0) is 62.1 Å². The van der Waals surface area contributed by atoms with Crippen molar-refractivity contribution in [2.24, 2.45) is 0 Å². The second-order valence-electron chi connectivity index (χ2n) is 11.9. The lowest BCUT2D eigenvalue weighted by molar-refractivity contribution is -0.274. The SMILES string of the molecule is CN(C)CCNC(=O)c1ccccc1N1CCN(C(=O)[C@@H](Cc2ccc(Cl)cc2)NC(=O)c2cc(=O)c3cc(OC(F)(F)F)ccc3o2)CC1. The zero-order chi connectivity index (χ0) is 36.0. The van der Waals surface area contributed by atoms with Crippen molar-refractivity contribution in [3.05, 3.63) is 105 Å².